The fourth-order valence-electron chi connectivity index (χ4n) is 0.102. The monoisotopic (exact) mass is 145 g/mol. The molecule has 0 aliphatic carbocycles. The minimum absolute atomic E-state index is 0.144. The summed E-state index contributed by atoms with van der Waals surface area (Å²) in [5.74, 6) is -0.144. The highest BCUT2D eigenvalue weighted by atomic mass is 16.1. The van der Waals surface area contributed by atoms with E-state index in [1.807, 2.05) is 0 Å². The van der Waals surface area contributed by atoms with Crippen molar-refractivity contribution >= 4 is 5.91 Å². The molecule has 10 heavy (non-hydrogen) atoms. The Kier molecular flexibility index (Phi) is 13.1. The van der Waals surface area contributed by atoms with Crippen LogP contribution in [0.1, 0.15) is 0 Å². The van der Waals surface area contributed by atoms with Gasteiger partial charge in [-0.1, -0.05) is 6.58 Å². The fraction of sp³-hybridized carbons (Fsp3) is 0.500. The lowest BCUT2D eigenvalue weighted by molar-refractivity contribution is -0.116. The van der Waals surface area contributed by atoms with Crippen LogP contribution in [0.2, 0.25) is 0 Å². The molecule has 0 unspecified atom stereocenters. The average Bonchev–Trinajstić information content (AvgIpc) is 2.03. The molecule has 0 aliphatic heterocycles. The van der Waals surface area contributed by atoms with Crippen molar-refractivity contribution in [3.63, 3.8) is 0 Å². The molecule has 0 aromatic carbocycles. The van der Waals surface area contributed by atoms with Crippen LogP contribution < -0.4 is 16.8 Å². The van der Waals surface area contributed by atoms with E-state index in [2.05, 4.69) is 11.9 Å². The quantitative estimate of drug-likeness (QED) is 0.428. The molecule has 0 saturated carbocycles. The van der Waals surface area contributed by atoms with Gasteiger partial charge in [0.2, 0.25) is 5.91 Å². The number of hydrogen-bond acceptors (Lipinski definition) is 3. The predicted molar refractivity (Wildman–Crippen MR) is 42.4 cm³/mol. The molecule has 0 aromatic heterocycles. The van der Waals surface area contributed by atoms with Crippen molar-refractivity contribution < 1.29 is 4.79 Å². The lowest BCUT2D eigenvalue weighted by Gasteiger charge is -1.82. The molecule has 0 saturated heterocycles. The van der Waals surface area contributed by atoms with Gasteiger partial charge in [-0.25, -0.2) is 0 Å². The largest absolute Gasteiger partial charge is 0.356 e. The summed E-state index contributed by atoms with van der Waals surface area (Å²) in [6.07, 6.45) is 1.22. The van der Waals surface area contributed by atoms with Crippen molar-refractivity contribution in [1.82, 2.24) is 5.32 Å². The molecule has 0 heterocycles. The third-order valence-corrected chi connectivity index (χ3v) is 0.598. The second-order valence-corrected chi connectivity index (χ2v) is 1.40. The first kappa shape index (κ1) is 11.9. The van der Waals surface area contributed by atoms with Gasteiger partial charge < -0.3 is 16.8 Å². The lowest BCUT2D eigenvalue weighted by Crippen LogP contribution is -2.13. The summed E-state index contributed by atoms with van der Waals surface area (Å²) in [4.78, 5) is 9.95. The van der Waals surface area contributed by atoms with E-state index >= 15 is 0 Å². The smallest absolute Gasteiger partial charge is 0.243 e. The van der Waals surface area contributed by atoms with E-state index in [-0.39, 0.29) is 5.91 Å². The SMILES string of the molecule is C=CC(=O)NC.NCCN. The maximum Gasteiger partial charge on any atom is 0.243 e. The molecular weight excluding hydrogens is 130 g/mol. The van der Waals surface area contributed by atoms with E-state index in [1.54, 1.807) is 7.05 Å². The molecule has 4 nitrogen and oxygen atoms in total. The van der Waals surface area contributed by atoms with Crippen LogP contribution in [-0.2, 0) is 4.79 Å². The number of hydrogen-bond donors (Lipinski definition) is 3. The molecule has 5 N–H and O–H groups in total. The van der Waals surface area contributed by atoms with E-state index in [9.17, 15) is 4.79 Å². The lowest BCUT2D eigenvalue weighted by atomic mass is 10.6. The first-order valence-electron chi connectivity index (χ1n) is 2.97. The van der Waals surface area contributed by atoms with Crippen LogP contribution in [-0.4, -0.2) is 26.0 Å². The van der Waals surface area contributed by atoms with Gasteiger partial charge in [0.05, 0.1) is 0 Å². The molecule has 0 atom stereocenters. The summed E-state index contributed by atoms with van der Waals surface area (Å²) in [7, 11) is 1.56. The van der Waals surface area contributed by atoms with Crippen LogP contribution in [0, 0.1) is 0 Å². The summed E-state index contributed by atoms with van der Waals surface area (Å²) in [5, 5.41) is 2.36. The second kappa shape index (κ2) is 11.0. The Balaban J connectivity index is 0. The molecule has 0 aromatic rings. The molecule has 60 valence electrons. The van der Waals surface area contributed by atoms with Crippen LogP contribution in [0.25, 0.3) is 0 Å². The van der Waals surface area contributed by atoms with Gasteiger partial charge in [0.1, 0.15) is 0 Å². The summed E-state index contributed by atoms with van der Waals surface area (Å²) in [5.41, 5.74) is 9.81. The predicted octanol–water partition coefficient (Wildman–Crippen LogP) is -1.18. The number of carbonyl (C=O) groups is 1. The molecule has 0 spiro atoms. The summed E-state index contributed by atoms with van der Waals surface area (Å²) >= 11 is 0. The number of amides is 1. The number of rotatable bonds is 2. The number of carbonyl (C=O) groups excluding carboxylic acids is 1. The van der Waals surface area contributed by atoms with Gasteiger partial charge in [0.25, 0.3) is 0 Å². The van der Waals surface area contributed by atoms with Gasteiger partial charge in [-0.15, -0.1) is 0 Å². The average molecular weight is 145 g/mol. The molecule has 0 bridgehead atoms. The van der Waals surface area contributed by atoms with Crippen LogP contribution in [0.15, 0.2) is 12.7 Å². The Labute approximate surface area is 61.3 Å². The first-order valence-corrected chi connectivity index (χ1v) is 2.97. The zero-order valence-corrected chi connectivity index (χ0v) is 6.26. The molecule has 0 rings (SSSR count). The number of nitrogens with two attached hydrogens (primary N) is 2. The first-order chi connectivity index (χ1) is 4.72. The van der Waals surface area contributed by atoms with Gasteiger partial charge in [-0.2, -0.15) is 0 Å². The maximum absolute atomic E-state index is 9.95. The van der Waals surface area contributed by atoms with Crippen molar-refractivity contribution in [2.45, 2.75) is 0 Å². The Hall–Kier alpha value is -0.870. The third kappa shape index (κ3) is 15.7. The van der Waals surface area contributed by atoms with Crippen LogP contribution in [0.3, 0.4) is 0 Å². The van der Waals surface area contributed by atoms with Gasteiger partial charge in [-0.3, -0.25) is 4.79 Å². The third-order valence-electron chi connectivity index (χ3n) is 0.598. The zero-order valence-electron chi connectivity index (χ0n) is 6.26. The standard InChI is InChI=1S/C4H7NO.C2H8N2/c1-3-4(6)5-2;3-1-2-4/h3H,1H2,2H3,(H,5,6);1-4H2. The Morgan fingerprint density at radius 2 is 2.00 bits per heavy atom. The van der Waals surface area contributed by atoms with Gasteiger partial charge in [-0.05, 0) is 6.08 Å². The van der Waals surface area contributed by atoms with Gasteiger partial charge >= 0.3 is 0 Å². The van der Waals surface area contributed by atoms with Crippen molar-refractivity contribution in [1.29, 1.82) is 0 Å². The summed E-state index contributed by atoms with van der Waals surface area (Å²) in [6, 6.07) is 0. The van der Waals surface area contributed by atoms with E-state index < -0.39 is 0 Å². The molecule has 0 radical (unpaired) electrons. The van der Waals surface area contributed by atoms with Crippen LogP contribution >= 0.6 is 0 Å². The highest BCUT2D eigenvalue weighted by molar-refractivity contribution is 5.86. The molecule has 0 fully saturated rings. The highest BCUT2D eigenvalue weighted by Gasteiger charge is 1.78. The van der Waals surface area contributed by atoms with Crippen molar-refractivity contribution in [3.05, 3.63) is 12.7 Å². The second-order valence-electron chi connectivity index (χ2n) is 1.40. The topological polar surface area (TPSA) is 81.1 Å². The number of likely N-dealkylation sites (N-methyl/N-ethyl adjacent to an activating group) is 1. The van der Waals surface area contributed by atoms with E-state index in [4.69, 9.17) is 11.5 Å². The zero-order chi connectivity index (χ0) is 8.41. The minimum atomic E-state index is -0.144. The Morgan fingerprint density at radius 3 is 2.00 bits per heavy atom. The van der Waals surface area contributed by atoms with Crippen LogP contribution in [0.5, 0.6) is 0 Å². The van der Waals surface area contributed by atoms with Crippen molar-refractivity contribution in [3.8, 4) is 0 Å². The summed E-state index contributed by atoms with van der Waals surface area (Å²) in [6.45, 7) is 4.41. The molecule has 1 amide bonds. The molecular formula is C6H15N3O. The molecule has 0 aliphatic rings. The Morgan fingerprint density at radius 1 is 1.60 bits per heavy atom. The van der Waals surface area contributed by atoms with Crippen molar-refractivity contribution in [2.24, 2.45) is 11.5 Å². The van der Waals surface area contributed by atoms with E-state index in [0.29, 0.717) is 13.1 Å². The normalized spacial score (nSPS) is 7.10. The molecule has 4 heteroatoms. The minimum Gasteiger partial charge on any atom is -0.356 e. The van der Waals surface area contributed by atoms with Crippen molar-refractivity contribution in [2.75, 3.05) is 20.1 Å². The Bertz CT molecular complexity index is 91.0. The van der Waals surface area contributed by atoms with Gasteiger partial charge in [0.15, 0.2) is 0 Å². The van der Waals surface area contributed by atoms with Crippen LogP contribution in [0.4, 0.5) is 0 Å². The number of nitrogens with one attached hydrogen (secondary N) is 1. The van der Waals surface area contributed by atoms with E-state index in [1.165, 1.54) is 6.08 Å². The van der Waals surface area contributed by atoms with Gasteiger partial charge in [0, 0.05) is 20.1 Å². The fourth-order valence-corrected chi connectivity index (χ4v) is 0.102. The maximum atomic E-state index is 9.95. The highest BCUT2D eigenvalue weighted by Crippen LogP contribution is 1.56. The van der Waals surface area contributed by atoms with E-state index in [0.717, 1.165) is 0 Å². The summed E-state index contributed by atoms with van der Waals surface area (Å²) < 4.78 is 0.